The third-order valence-electron chi connectivity index (χ3n) is 4.18. The number of benzene rings is 1. The monoisotopic (exact) mass is 413 g/mol. The van der Waals surface area contributed by atoms with Crippen molar-refractivity contribution in [3.05, 3.63) is 58.9 Å². The van der Waals surface area contributed by atoms with Gasteiger partial charge < -0.3 is 14.8 Å². The molecule has 152 valence electrons. The lowest BCUT2D eigenvalue weighted by Crippen LogP contribution is -2.20. The molecule has 2 aromatic heterocycles. The number of carbonyl (C=O) groups excluding carboxylic acids is 1. The Bertz CT molecular complexity index is 1020. The number of carbonyl (C=O) groups is 1. The summed E-state index contributed by atoms with van der Waals surface area (Å²) in [7, 11) is 1.57. The zero-order chi connectivity index (χ0) is 20.6. The second-order valence-corrected chi connectivity index (χ2v) is 6.73. The van der Waals surface area contributed by atoms with E-state index in [-0.39, 0.29) is 12.5 Å². The Hall–Kier alpha value is -3.20. The number of nitrogens with one attached hydrogen (secondary N) is 2. The van der Waals surface area contributed by atoms with Gasteiger partial charge in [-0.2, -0.15) is 5.10 Å². The summed E-state index contributed by atoms with van der Waals surface area (Å²) in [5.41, 5.74) is 1.53. The van der Waals surface area contributed by atoms with E-state index in [1.807, 2.05) is 19.1 Å². The first kappa shape index (κ1) is 20.5. The third kappa shape index (κ3) is 5.41. The van der Waals surface area contributed by atoms with Crippen molar-refractivity contribution in [2.24, 2.45) is 0 Å². The van der Waals surface area contributed by atoms with Gasteiger partial charge >= 0.3 is 0 Å². The molecule has 3 aromatic rings. The number of nitrogens with zero attached hydrogens (tertiary/aromatic N) is 3. The number of pyridine rings is 1. The summed E-state index contributed by atoms with van der Waals surface area (Å²) in [5.74, 6) is 1.67. The van der Waals surface area contributed by atoms with Crippen LogP contribution in [0.5, 0.6) is 11.5 Å². The molecule has 1 aromatic carbocycles. The minimum Gasteiger partial charge on any atom is -0.493 e. The maximum absolute atomic E-state index is 12.5. The first-order valence-electron chi connectivity index (χ1n) is 9.24. The SMILES string of the molecule is CCCc1n[nH]c(=S)n1CC(=O)Nc1ccc(OC)c(OCc2cccnc2)c1. The molecule has 0 aliphatic rings. The number of rotatable bonds is 9. The molecular formula is C20H23N5O3S. The molecule has 0 aliphatic carbocycles. The number of aromatic nitrogens is 4. The van der Waals surface area contributed by atoms with E-state index in [2.05, 4.69) is 20.5 Å². The van der Waals surface area contributed by atoms with Crippen molar-refractivity contribution in [2.75, 3.05) is 12.4 Å². The van der Waals surface area contributed by atoms with Crippen LogP contribution in [-0.4, -0.2) is 32.8 Å². The highest BCUT2D eigenvalue weighted by Crippen LogP contribution is 2.31. The van der Waals surface area contributed by atoms with Crippen LogP contribution < -0.4 is 14.8 Å². The normalized spacial score (nSPS) is 10.6. The largest absolute Gasteiger partial charge is 0.493 e. The van der Waals surface area contributed by atoms with Crippen molar-refractivity contribution in [3.8, 4) is 11.5 Å². The van der Waals surface area contributed by atoms with Crippen LogP contribution in [0.1, 0.15) is 24.7 Å². The predicted molar refractivity (Wildman–Crippen MR) is 112 cm³/mol. The van der Waals surface area contributed by atoms with Crippen molar-refractivity contribution in [1.29, 1.82) is 0 Å². The zero-order valence-corrected chi connectivity index (χ0v) is 17.2. The lowest BCUT2D eigenvalue weighted by atomic mass is 10.2. The van der Waals surface area contributed by atoms with Crippen molar-refractivity contribution in [3.63, 3.8) is 0 Å². The van der Waals surface area contributed by atoms with Gasteiger partial charge in [0.25, 0.3) is 0 Å². The molecule has 0 bridgehead atoms. The maximum Gasteiger partial charge on any atom is 0.244 e. The second kappa shape index (κ2) is 9.83. The number of amides is 1. The lowest BCUT2D eigenvalue weighted by Gasteiger charge is -2.13. The molecular weight excluding hydrogens is 390 g/mol. The summed E-state index contributed by atoms with van der Waals surface area (Å²) < 4.78 is 13.3. The molecule has 0 unspecified atom stereocenters. The smallest absolute Gasteiger partial charge is 0.244 e. The minimum atomic E-state index is -0.205. The summed E-state index contributed by atoms with van der Waals surface area (Å²) in [6.07, 6.45) is 5.10. The van der Waals surface area contributed by atoms with E-state index in [1.54, 1.807) is 42.3 Å². The molecule has 0 aliphatic heterocycles. The summed E-state index contributed by atoms with van der Waals surface area (Å²) >= 11 is 5.23. The number of H-pyrrole nitrogens is 1. The van der Waals surface area contributed by atoms with Crippen LogP contribution in [-0.2, 0) is 24.4 Å². The van der Waals surface area contributed by atoms with E-state index < -0.39 is 0 Å². The van der Waals surface area contributed by atoms with Gasteiger partial charge in [-0.15, -0.1) is 0 Å². The van der Waals surface area contributed by atoms with E-state index in [1.165, 1.54) is 0 Å². The topological polar surface area (TPSA) is 94.1 Å². The van der Waals surface area contributed by atoms with Crippen molar-refractivity contribution < 1.29 is 14.3 Å². The van der Waals surface area contributed by atoms with Crippen LogP contribution in [0.3, 0.4) is 0 Å². The van der Waals surface area contributed by atoms with Gasteiger partial charge in [-0.1, -0.05) is 13.0 Å². The standard InChI is InChI=1S/C20H23N5O3S/c1-3-5-18-23-24-20(29)25(18)12-19(26)22-15-7-8-16(27-2)17(10-15)28-13-14-6-4-9-21-11-14/h4,6-11H,3,5,12-13H2,1-2H3,(H,22,26)(H,24,29). The van der Waals surface area contributed by atoms with Gasteiger partial charge in [-0.05, 0) is 36.8 Å². The van der Waals surface area contributed by atoms with Gasteiger partial charge in [-0.25, -0.2) is 0 Å². The van der Waals surface area contributed by atoms with Gasteiger partial charge in [0.15, 0.2) is 16.3 Å². The van der Waals surface area contributed by atoms with E-state index in [4.69, 9.17) is 21.7 Å². The summed E-state index contributed by atoms with van der Waals surface area (Å²) in [5, 5.41) is 9.79. The second-order valence-electron chi connectivity index (χ2n) is 6.34. The van der Waals surface area contributed by atoms with Crippen molar-refractivity contribution >= 4 is 23.8 Å². The summed E-state index contributed by atoms with van der Waals surface area (Å²) in [6, 6.07) is 9.01. The number of methoxy groups -OCH3 is 1. The third-order valence-corrected chi connectivity index (χ3v) is 4.49. The number of hydrogen-bond donors (Lipinski definition) is 2. The Labute approximate surface area is 173 Å². The fraction of sp³-hybridized carbons (Fsp3) is 0.300. The molecule has 3 rings (SSSR count). The van der Waals surface area contributed by atoms with Crippen LogP contribution in [0, 0.1) is 4.77 Å². The van der Waals surface area contributed by atoms with Crippen molar-refractivity contribution in [1.82, 2.24) is 19.7 Å². The zero-order valence-electron chi connectivity index (χ0n) is 16.3. The highest BCUT2D eigenvalue weighted by atomic mass is 32.1. The van der Waals surface area contributed by atoms with Crippen LogP contribution in [0.2, 0.25) is 0 Å². The maximum atomic E-state index is 12.5. The molecule has 0 saturated carbocycles. The summed E-state index contributed by atoms with van der Waals surface area (Å²) in [6.45, 7) is 2.47. The van der Waals surface area contributed by atoms with Crippen LogP contribution in [0.4, 0.5) is 5.69 Å². The highest BCUT2D eigenvalue weighted by Gasteiger charge is 2.12. The van der Waals surface area contributed by atoms with E-state index in [0.717, 1.165) is 24.2 Å². The predicted octanol–water partition coefficient (Wildman–Crippen LogP) is 3.51. The Kier molecular flexibility index (Phi) is 6.96. The first-order valence-corrected chi connectivity index (χ1v) is 9.65. The van der Waals surface area contributed by atoms with Gasteiger partial charge in [0.1, 0.15) is 19.0 Å². The molecule has 2 heterocycles. The van der Waals surface area contributed by atoms with E-state index in [9.17, 15) is 4.79 Å². The average molecular weight is 414 g/mol. The molecule has 9 heteroatoms. The molecule has 0 atom stereocenters. The number of ether oxygens (including phenoxy) is 2. The van der Waals surface area contributed by atoms with Crippen LogP contribution in [0.25, 0.3) is 0 Å². The average Bonchev–Trinajstić information content (AvgIpc) is 3.07. The fourth-order valence-electron chi connectivity index (χ4n) is 2.78. The Morgan fingerprint density at radius 1 is 1.31 bits per heavy atom. The van der Waals surface area contributed by atoms with Crippen LogP contribution >= 0.6 is 12.2 Å². The molecule has 0 fully saturated rings. The number of aromatic amines is 1. The molecule has 29 heavy (non-hydrogen) atoms. The van der Waals surface area contributed by atoms with Crippen LogP contribution in [0.15, 0.2) is 42.7 Å². The number of hydrogen-bond acceptors (Lipinski definition) is 6. The minimum absolute atomic E-state index is 0.0859. The fourth-order valence-corrected chi connectivity index (χ4v) is 3.00. The Balaban J connectivity index is 1.70. The Morgan fingerprint density at radius 2 is 2.17 bits per heavy atom. The number of anilines is 1. The van der Waals surface area contributed by atoms with Gasteiger partial charge in [0.2, 0.25) is 5.91 Å². The summed E-state index contributed by atoms with van der Waals surface area (Å²) in [4.78, 5) is 16.6. The molecule has 0 radical (unpaired) electrons. The highest BCUT2D eigenvalue weighted by molar-refractivity contribution is 7.71. The van der Waals surface area contributed by atoms with Gasteiger partial charge in [0.05, 0.1) is 7.11 Å². The lowest BCUT2D eigenvalue weighted by molar-refractivity contribution is -0.116. The number of aryl methyl sites for hydroxylation is 1. The molecule has 0 saturated heterocycles. The first-order chi connectivity index (χ1) is 14.1. The van der Waals surface area contributed by atoms with Gasteiger partial charge in [-0.3, -0.25) is 19.4 Å². The Morgan fingerprint density at radius 3 is 2.90 bits per heavy atom. The quantitative estimate of drug-likeness (QED) is 0.522. The molecule has 1 amide bonds. The molecule has 2 N–H and O–H groups in total. The molecule has 0 spiro atoms. The van der Waals surface area contributed by atoms with Crippen molar-refractivity contribution in [2.45, 2.75) is 32.9 Å². The van der Waals surface area contributed by atoms with E-state index in [0.29, 0.717) is 28.6 Å². The van der Waals surface area contributed by atoms with Gasteiger partial charge in [0, 0.05) is 36.1 Å². The molecule has 8 nitrogen and oxygen atoms in total. The van der Waals surface area contributed by atoms with E-state index >= 15 is 0 Å².